The van der Waals surface area contributed by atoms with Gasteiger partial charge in [-0.05, 0) is 62.6 Å². The molecule has 242 valence electrons. The second-order valence-electron chi connectivity index (χ2n) is 11.7. The number of carbonyl (C=O) groups is 2. The number of para-hydroxylation sites is 2. The highest BCUT2D eigenvalue weighted by Crippen LogP contribution is 2.42. The van der Waals surface area contributed by atoms with E-state index in [-0.39, 0.29) is 38.9 Å². The van der Waals surface area contributed by atoms with Crippen molar-refractivity contribution in [1.29, 1.82) is 0 Å². The molecule has 0 bridgehead atoms. The molecule has 3 heterocycles. The summed E-state index contributed by atoms with van der Waals surface area (Å²) in [5.74, 6) is -1.45. The number of imide groups is 1. The Bertz CT molecular complexity index is 2330. The molecule has 2 amide bonds. The molecule has 0 fully saturated rings. The molecular formula is C36H30N4O6S2. The summed E-state index contributed by atoms with van der Waals surface area (Å²) in [5, 5.41) is 1.03. The quantitative estimate of drug-likeness (QED) is 0.200. The van der Waals surface area contributed by atoms with Crippen molar-refractivity contribution in [1.82, 2.24) is 17.7 Å². The molecule has 48 heavy (non-hydrogen) atoms. The van der Waals surface area contributed by atoms with E-state index < -0.39 is 31.9 Å². The van der Waals surface area contributed by atoms with E-state index in [4.69, 9.17) is 0 Å². The molecule has 6 aromatic rings. The Morgan fingerprint density at radius 3 is 1.31 bits per heavy atom. The van der Waals surface area contributed by atoms with Gasteiger partial charge in [-0.3, -0.25) is 14.5 Å². The van der Waals surface area contributed by atoms with Crippen LogP contribution in [0.5, 0.6) is 0 Å². The molecule has 0 aliphatic carbocycles. The van der Waals surface area contributed by atoms with E-state index in [1.165, 1.54) is 24.3 Å². The lowest BCUT2D eigenvalue weighted by molar-refractivity contribution is -0.136. The van der Waals surface area contributed by atoms with E-state index in [2.05, 4.69) is 0 Å². The second-order valence-corrected chi connectivity index (χ2v) is 15.2. The SMILES string of the molecule is CN(C)CCN1C(=O)C(c2cc3ccccc3n2S(=O)(=O)c2ccccc2)=C(c2cc3ccccc3n2S(=O)(=O)c2ccccc2)C1=O. The summed E-state index contributed by atoms with van der Waals surface area (Å²) in [6.45, 7) is 0.323. The molecule has 1 aliphatic rings. The van der Waals surface area contributed by atoms with Crippen molar-refractivity contribution in [3.63, 3.8) is 0 Å². The van der Waals surface area contributed by atoms with Crippen LogP contribution in [-0.4, -0.2) is 73.6 Å². The van der Waals surface area contributed by atoms with Crippen LogP contribution >= 0.6 is 0 Å². The van der Waals surface area contributed by atoms with Crippen molar-refractivity contribution in [2.75, 3.05) is 27.2 Å². The number of benzene rings is 4. The maximum Gasteiger partial charge on any atom is 0.268 e. The maximum absolute atomic E-state index is 14.5. The van der Waals surface area contributed by atoms with E-state index in [0.717, 1.165) is 12.8 Å². The topological polar surface area (TPSA) is 119 Å². The minimum atomic E-state index is -4.32. The van der Waals surface area contributed by atoms with Gasteiger partial charge in [-0.1, -0.05) is 72.8 Å². The number of carbonyl (C=O) groups excluding carboxylic acids is 2. The van der Waals surface area contributed by atoms with Crippen molar-refractivity contribution in [2.45, 2.75) is 9.79 Å². The van der Waals surface area contributed by atoms with E-state index in [1.807, 2.05) is 4.90 Å². The highest BCUT2D eigenvalue weighted by atomic mass is 32.2. The lowest BCUT2D eigenvalue weighted by Crippen LogP contribution is -2.37. The average Bonchev–Trinajstić information content (AvgIpc) is 3.74. The Labute approximate surface area is 277 Å². The fourth-order valence-corrected chi connectivity index (χ4v) is 9.16. The van der Waals surface area contributed by atoms with Gasteiger partial charge < -0.3 is 4.90 Å². The third-order valence-electron chi connectivity index (χ3n) is 8.35. The molecule has 0 spiro atoms. The molecule has 0 saturated heterocycles. The van der Waals surface area contributed by atoms with Gasteiger partial charge in [0.05, 0.1) is 43.4 Å². The number of hydrogen-bond acceptors (Lipinski definition) is 7. The molecule has 0 atom stereocenters. The largest absolute Gasteiger partial charge is 0.308 e. The average molecular weight is 679 g/mol. The monoisotopic (exact) mass is 678 g/mol. The molecule has 10 nitrogen and oxygen atoms in total. The van der Waals surface area contributed by atoms with Crippen LogP contribution < -0.4 is 0 Å². The first-order chi connectivity index (χ1) is 23.0. The highest BCUT2D eigenvalue weighted by Gasteiger charge is 2.44. The Hall–Kier alpha value is -5.30. The lowest BCUT2D eigenvalue weighted by atomic mass is 10.0. The number of rotatable bonds is 9. The normalized spacial score (nSPS) is 14.3. The van der Waals surface area contributed by atoms with Crippen LogP contribution in [0.1, 0.15) is 11.4 Å². The van der Waals surface area contributed by atoms with Gasteiger partial charge in [0.2, 0.25) is 0 Å². The summed E-state index contributed by atoms with van der Waals surface area (Å²) >= 11 is 0. The van der Waals surface area contributed by atoms with Gasteiger partial charge >= 0.3 is 0 Å². The standard InChI is InChI=1S/C36H30N4O6S2/c1-37(2)21-22-38-35(41)33(31-23-25-13-9-11-19-29(25)39(31)47(43,44)27-15-5-3-6-16-27)34(36(38)42)32-24-26-14-10-12-20-30(26)40(32)48(45,46)28-17-7-4-8-18-28/h3-20,23-24H,21-22H2,1-2H3. The minimum Gasteiger partial charge on any atom is -0.308 e. The van der Waals surface area contributed by atoms with Crippen LogP contribution in [0.2, 0.25) is 0 Å². The lowest BCUT2D eigenvalue weighted by Gasteiger charge is -2.18. The van der Waals surface area contributed by atoms with Crippen LogP contribution in [0.3, 0.4) is 0 Å². The third kappa shape index (κ3) is 4.96. The third-order valence-corrected chi connectivity index (χ3v) is 11.8. The molecule has 1 aliphatic heterocycles. The van der Waals surface area contributed by atoms with Crippen molar-refractivity contribution in [2.24, 2.45) is 0 Å². The zero-order chi connectivity index (χ0) is 33.8. The van der Waals surface area contributed by atoms with E-state index in [9.17, 15) is 26.4 Å². The molecule has 0 N–H and O–H groups in total. The maximum atomic E-state index is 14.5. The first kappa shape index (κ1) is 31.3. The van der Waals surface area contributed by atoms with Gasteiger partial charge in [0.25, 0.3) is 31.9 Å². The molecule has 0 radical (unpaired) electrons. The van der Waals surface area contributed by atoms with Crippen molar-refractivity contribution in [3.05, 3.63) is 133 Å². The van der Waals surface area contributed by atoms with Crippen LogP contribution in [0.4, 0.5) is 0 Å². The number of aromatic nitrogens is 2. The first-order valence-corrected chi connectivity index (χ1v) is 18.0. The second kappa shape index (κ2) is 11.7. The van der Waals surface area contributed by atoms with E-state index >= 15 is 0 Å². The van der Waals surface area contributed by atoms with Crippen molar-refractivity contribution in [3.8, 4) is 0 Å². The Kier molecular flexibility index (Phi) is 7.66. The highest BCUT2D eigenvalue weighted by molar-refractivity contribution is 7.90. The summed E-state index contributed by atoms with van der Waals surface area (Å²) in [5.41, 5.74) is 0.0909. The van der Waals surface area contributed by atoms with Crippen LogP contribution in [0.25, 0.3) is 33.0 Å². The smallest absolute Gasteiger partial charge is 0.268 e. The zero-order valence-corrected chi connectivity index (χ0v) is 27.6. The van der Waals surface area contributed by atoms with Gasteiger partial charge in [-0.25, -0.2) is 24.8 Å². The molecule has 12 heteroatoms. The number of hydrogen-bond donors (Lipinski definition) is 0. The Morgan fingerprint density at radius 1 is 0.542 bits per heavy atom. The van der Waals surface area contributed by atoms with Gasteiger partial charge in [-0.2, -0.15) is 0 Å². The molecule has 4 aromatic carbocycles. The fourth-order valence-electron chi connectivity index (χ4n) is 6.08. The van der Waals surface area contributed by atoms with Gasteiger partial charge in [-0.15, -0.1) is 0 Å². The molecule has 0 unspecified atom stereocenters. The minimum absolute atomic E-state index is 0.00497. The van der Waals surface area contributed by atoms with Gasteiger partial charge in [0.1, 0.15) is 0 Å². The van der Waals surface area contributed by atoms with Crippen molar-refractivity contribution >= 4 is 64.8 Å². The van der Waals surface area contributed by atoms with Crippen LogP contribution in [0.15, 0.2) is 131 Å². The summed E-state index contributed by atoms with van der Waals surface area (Å²) < 4.78 is 59.7. The first-order valence-electron chi connectivity index (χ1n) is 15.1. The Balaban J connectivity index is 1.60. The predicted octanol–water partition coefficient (Wildman–Crippen LogP) is 4.91. The summed E-state index contributed by atoms with van der Waals surface area (Å²) in [4.78, 5) is 31.9. The van der Waals surface area contributed by atoms with Gasteiger partial charge in [0, 0.05) is 23.9 Å². The molecular weight excluding hydrogens is 649 g/mol. The molecule has 7 rings (SSSR count). The van der Waals surface area contributed by atoms with E-state index in [0.29, 0.717) is 28.4 Å². The summed E-state index contributed by atoms with van der Waals surface area (Å²) in [6.07, 6.45) is 0. The number of amides is 2. The number of likely N-dealkylation sites (N-methyl/N-ethyl adjacent to an activating group) is 1. The Morgan fingerprint density at radius 2 is 0.917 bits per heavy atom. The molecule has 0 saturated carbocycles. The summed E-state index contributed by atoms with van der Waals surface area (Å²) in [6, 6.07) is 32.3. The van der Waals surface area contributed by atoms with Gasteiger partial charge in [0.15, 0.2) is 0 Å². The van der Waals surface area contributed by atoms with E-state index in [1.54, 1.807) is 111 Å². The van der Waals surface area contributed by atoms with Crippen molar-refractivity contribution < 1.29 is 26.4 Å². The predicted molar refractivity (Wildman–Crippen MR) is 184 cm³/mol. The number of nitrogens with zero attached hydrogens (tertiary/aromatic N) is 4. The molecule has 2 aromatic heterocycles. The zero-order valence-electron chi connectivity index (χ0n) is 26.0. The number of fused-ring (bicyclic) bond motifs is 2. The van der Waals surface area contributed by atoms with Crippen LogP contribution in [0, 0.1) is 0 Å². The summed E-state index contributed by atoms with van der Waals surface area (Å²) in [7, 11) is -5.04. The fraction of sp³-hybridized carbons (Fsp3) is 0.111. The van der Waals surface area contributed by atoms with Crippen LogP contribution in [-0.2, 0) is 29.6 Å².